The first kappa shape index (κ1) is 15.9. The van der Waals surface area contributed by atoms with Crippen molar-refractivity contribution < 1.29 is 0 Å². The Kier molecular flexibility index (Phi) is 4.99. The Balaban J connectivity index is 1.22. The number of aromatic nitrogens is 1. The number of piperidine rings is 2. The van der Waals surface area contributed by atoms with E-state index < -0.39 is 0 Å². The molecule has 3 heterocycles. The van der Waals surface area contributed by atoms with Crippen molar-refractivity contribution >= 4 is 22.2 Å². The summed E-state index contributed by atoms with van der Waals surface area (Å²) in [4.78, 5) is 9.38. The van der Waals surface area contributed by atoms with Crippen LogP contribution in [0.15, 0.2) is 41.9 Å². The molecule has 2 fully saturated rings. The quantitative estimate of drug-likeness (QED) is 0.923. The predicted octanol–water partition coefficient (Wildman–Crippen LogP) is 3.37. The van der Waals surface area contributed by atoms with Crippen LogP contribution in [0.2, 0.25) is 0 Å². The molecule has 2 saturated heterocycles. The van der Waals surface area contributed by atoms with E-state index in [4.69, 9.17) is 0 Å². The van der Waals surface area contributed by atoms with Gasteiger partial charge in [-0.3, -0.25) is 0 Å². The van der Waals surface area contributed by atoms with E-state index in [9.17, 15) is 0 Å². The highest BCUT2D eigenvalue weighted by Crippen LogP contribution is 2.24. The fraction of sp³-hybridized carbons (Fsp3) is 0.526. The van der Waals surface area contributed by atoms with E-state index >= 15 is 0 Å². The Hall–Kier alpha value is -1.59. The maximum atomic E-state index is 4.44. The van der Waals surface area contributed by atoms with Gasteiger partial charge in [-0.25, -0.2) is 4.98 Å². The number of hydrogen-bond acceptors (Lipinski definition) is 5. The van der Waals surface area contributed by atoms with E-state index in [1.165, 1.54) is 49.6 Å². The third kappa shape index (κ3) is 3.73. The second kappa shape index (κ2) is 7.53. The molecule has 4 nitrogen and oxygen atoms in total. The molecule has 0 spiro atoms. The minimum atomic E-state index is 0.675. The van der Waals surface area contributed by atoms with Crippen molar-refractivity contribution in [2.45, 2.75) is 37.8 Å². The first-order valence-electron chi connectivity index (χ1n) is 9.09. The summed E-state index contributed by atoms with van der Waals surface area (Å²) in [6.45, 7) is 4.60. The topological polar surface area (TPSA) is 31.4 Å². The lowest BCUT2D eigenvalue weighted by atomic mass is 9.99. The molecule has 1 N–H and O–H groups in total. The van der Waals surface area contributed by atoms with Crippen LogP contribution in [0, 0.1) is 0 Å². The molecule has 5 heteroatoms. The second-order valence-electron chi connectivity index (χ2n) is 6.84. The first-order valence-corrected chi connectivity index (χ1v) is 9.97. The number of rotatable bonds is 4. The number of anilines is 2. The van der Waals surface area contributed by atoms with Crippen LogP contribution in [0.25, 0.3) is 0 Å². The summed E-state index contributed by atoms with van der Waals surface area (Å²) in [5.74, 6) is 0. The van der Waals surface area contributed by atoms with Crippen LogP contribution >= 0.6 is 11.3 Å². The lowest BCUT2D eigenvalue weighted by molar-refractivity contribution is 0.328. The van der Waals surface area contributed by atoms with Crippen molar-refractivity contribution in [1.82, 2.24) is 10.3 Å². The number of benzene rings is 1. The van der Waals surface area contributed by atoms with E-state index in [1.54, 1.807) is 11.3 Å². The number of thiazole rings is 1. The minimum Gasteiger partial charge on any atom is -0.371 e. The van der Waals surface area contributed by atoms with E-state index in [1.807, 2.05) is 6.20 Å². The van der Waals surface area contributed by atoms with Crippen molar-refractivity contribution in [2.75, 3.05) is 36.0 Å². The Morgan fingerprint density at radius 2 is 1.50 bits per heavy atom. The fourth-order valence-electron chi connectivity index (χ4n) is 3.89. The lowest BCUT2D eigenvalue weighted by Crippen LogP contribution is -2.50. The third-order valence-corrected chi connectivity index (χ3v) is 6.10. The van der Waals surface area contributed by atoms with E-state index in [0.29, 0.717) is 12.1 Å². The highest BCUT2D eigenvalue weighted by atomic mass is 32.1. The van der Waals surface area contributed by atoms with Crippen LogP contribution in [0.3, 0.4) is 0 Å². The van der Waals surface area contributed by atoms with Gasteiger partial charge in [-0.1, -0.05) is 18.2 Å². The molecule has 2 aromatic rings. The average molecular weight is 343 g/mol. The van der Waals surface area contributed by atoms with E-state index in [-0.39, 0.29) is 0 Å². The second-order valence-corrected chi connectivity index (χ2v) is 7.71. The summed E-state index contributed by atoms with van der Waals surface area (Å²) < 4.78 is 0. The number of para-hydroxylation sites is 1. The Morgan fingerprint density at radius 3 is 2.08 bits per heavy atom. The van der Waals surface area contributed by atoms with Gasteiger partial charge in [-0.05, 0) is 37.8 Å². The van der Waals surface area contributed by atoms with Crippen LogP contribution < -0.4 is 15.1 Å². The smallest absolute Gasteiger partial charge is 0.185 e. The molecule has 1 aromatic carbocycles. The molecule has 0 atom stereocenters. The average Bonchev–Trinajstić information content (AvgIpc) is 3.18. The normalized spacial score (nSPS) is 20.5. The zero-order valence-electron chi connectivity index (χ0n) is 14.1. The van der Waals surface area contributed by atoms with E-state index in [2.05, 4.69) is 55.8 Å². The highest BCUT2D eigenvalue weighted by molar-refractivity contribution is 7.13. The van der Waals surface area contributed by atoms with Gasteiger partial charge in [0.05, 0.1) is 0 Å². The predicted molar refractivity (Wildman–Crippen MR) is 102 cm³/mol. The molecule has 24 heavy (non-hydrogen) atoms. The molecule has 2 aliphatic heterocycles. The van der Waals surface area contributed by atoms with Crippen LogP contribution in [-0.4, -0.2) is 43.2 Å². The molecule has 0 saturated carbocycles. The number of nitrogens with zero attached hydrogens (tertiary/aromatic N) is 3. The number of hydrogen-bond donors (Lipinski definition) is 1. The molecule has 2 aliphatic rings. The van der Waals surface area contributed by atoms with Gasteiger partial charge in [0, 0.05) is 55.5 Å². The molecule has 1 aromatic heterocycles. The zero-order chi connectivity index (χ0) is 16.2. The minimum absolute atomic E-state index is 0.675. The molecular formula is C19H26N4S. The fourth-order valence-corrected chi connectivity index (χ4v) is 4.58. The van der Waals surface area contributed by atoms with Gasteiger partial charge in [0.2, 0.25) is 0 Å². The molecule has 0 aliphatic carbocycles. The summed E-state index contributed by atoms with van der Waals surface area (Å²) in [5, 5.41) is 7.18. The van der Waals surface area contributed by atoms with Crippen molar-refractivity contribution in [3.8, 4) is 0 Å². The zero-order valence-corrected chi connectivity index (χ0v) is 14.9. The molecule has 0 amide bonds. The van der Waals surface area contributed by atoms with Crippen LogP contribution in [0.5, 0.6) is 0 Å². The van der Waals surface area contributed by atoms with Gasteiger partial charge in [0.15, 0.2) is 5.13 Å². The highest BCUT2D eigenvalue weighted by Gasteiger charge is 2.25. The van der Waals surface area contributed by atoms with Crippen molar-refractivity contribution in [3.05, 3.63) is 41.9 Å². The maximum Gasteiger partial charge on any atom is 0.185 e. The Bertz CT molecular complexity index is 600. The van der Waals surface area contributed by atoms with Gasteiger partial charge in [0.25, 0.3) is 0 Å². The van der Waals surface area contributed by atoms with Crippen molar-refractivity contribution in [2.24, 2.45) is 0 Å². The summed E-state index contributed by atoms with van der Waals surface area (Å²) in [7, 11) is 0. The molecule has 0 radical (unpaired) electrons. The maximum absolute atomic E-state index is 4.44. The molecular weight excluding hydrogens is 316 g/mol. The van der Waals surface area contributed by atoms with Crippen LogP contribution in [-0.2, 0) is 0 Å². The van der Waals surface area contributed by atoms with Crippen LogP contribution in [0.1, 0.15) is 25.7 Å². The van der Waals surface area contributed by atoms with Gasteiger partial charge < -0.3 is 15.1 Å². The Labute approximate surface area is 148 Å². The monoisotopic (exact) mass is 342 g/mol. The first-order chi connectivity index (χ1) is 11.9. The SMILES string of the molecule is c1ccc(N2CCC(NC3CCN(c4nccs4)CC3)CC2)cc1. The summed E-state index contributed by atoms with van der Waals surface area (Å²) >= 11 is 1.75. The van der Waals surface area contributed by atoms with Crippen molar-refractivity contribution in [3.63, 3.8) is 0 Å². The van der Waals surface area contributed by atoms with E-state index in [0.717, 1.165) is 13.1 Å². The summed E-state index contributed by atoms with van der Waals surface area (Å²) in [6.07, 6.45) is 6.88. The standard InChI is InChI=1S/C19H26N4S/c1-2-4-18(5-3-1)22-11-6-16(7-12-22)21-17-8-13-23(14-9-17)19-20-10-15-24-19/h1-5,10,15-17,21H,6-9,11-14H2. The van der Waals surface area contributed by atoms with Crippen molar-refractivity contribution in [1.29, 1.82) is 0 Å². The molecule has 0 bridgehead atoms. The summed E-state index contributed by atoms with van der Waals surface area (Å²) in [5.41, 5.74) is 1.37. The molecule has 0 unspecified atom stereocenters. The largest absolute Gasteiger partial charge is 0.371 e. The Morgan fingerprint density at radius 1 is 0.875 bits per heavy atom. The van der Waals surface area contributed by atoms with Gasteiger partial charge in [0.1, 0.15) is 0 Å². The van der Waals surface area contributed by atoms with Gasteiger partial charge in [-0.15, -0.1) is 11.3 Å². The third-order valence-electron chi connectivity index (χ3n) is 5.27. The number of nitrogens with one attached hydrogen (secondary N) is 1. The van der Waals surface area contributed by atoms with Gasteiger partial charge in [-0.2, -0.15) is 0 Å². The molecule has 128 valence electrons. The van der Waals surface area contributed by atoms with Gasteiger partial charge >= 0.3 is 0 Å². The summed E-state index contributed by atoms with van der Waals surface area (Å²) in [6, 6.07) is 12.2. The van der Waals surface area contributed by atoms with Crippen LogP contribution in [0.4, 0.5) is 10.8 Å². The lowest BCUT2D eigenvalue weighted by Gasteiger charge is -2.38. The molecule has 4 rings (SSSR count).